The number of nitrogens with two attached hydrogens (primary N) is 1. The monoisotopic (exact) mass is 383 g/mol. The van der Waals surface area contributed by atoms with Crippen molar-refractivity contribution in [2.45, 2.75) is 77.9 Å². The van der Waals surface area contributed by atoms with Crippen LogP contribution in [0.1, 0.15) is 53.4 Å². The minimum Gasteiger partial charge on any atom is -0.382 e. The van der Waals surface area contributed by atoms with Crippen molar-refractivity contribution >= 4 is 17.6 Å². The van der Waals surface area contributed by atoms with Crippen LogP contribution in [0.15, 0.2) is 10.1 Å². The van der Waals surface area contributed by atoms with E-state index >= 15 is 0 Å². The summed E-state index contributed by atoms with van der Waals surface area (Å²) in [5.74, 6) is 2.19. The van der Waals surface area contributed by atoms with Gasteiger partial charge in [-0.2, -0.15) is 0 Å². The van der Waals surface area contributed by atoms with Crippen LogP contribution in [0.2, 0.25) is 0 Å². The van der Waals surface area contributed by atoms with Crippen LogP contribution in [0.25, 0.3) is 11.5 Å². The van der Waals surface area contributed by atoms with Crippen LogP contribution in [-0.2, 0) is 6.54 Å². The summed E-state index contributed by atoms with van der Waals surface area (Å²) in [6.45, 7) is 16.0. The number of imidazole rings is 1. The maximum atomic E-state index is 6.15. The molecule has 6 heteroatoms. The zero-order valence-electron chi connectivity index (χ0n) is 17.4. The van der Waals surface area contributed by atoms with E-state index in [0.29, 0.717) is 11.5 Å². The van der Waals surface area contributed by atoms with Crippen molar-refractivity contribution in [2.75, 3.05) is 5.73 Å². The first kappa shape index (κ1) is 19.7. The van der Waals surface area contributed by atoms with Gasteiger partial charge in [0.05, 0.1) is 0 Å². The van der Waals surface area contributed by atoms with E-state index in [4.69, 9.17) is 15.7 Å². The zero-order chi connectivity index (χ0) is 19.9. The largest absolute Gasteiger partial charge is 0.382 e. The van der Waals surface area contributed by atoms with Gasteiger partial charge in [0.2, 0.25) is 0 Å². The molecule has 0 aliphatic carbocycles. The van der Waals surface area contributed by atoms with E-state index in [1.807, 2.05) is 6.92 Å². The van der Waals surface area contributed by atoms with Gasteiger partial charge in [-0.1, -0.05) is 13.3 Å². The molecule has 0 bridgehead atoms. The van der Waals surface area contributed by atoms with Crippen molar-refractivity contribution in [3.05, 3.63) is 33.6 Å². The molecule has 1 aromatic carbocycles. The van der Waals surface area contributed by atoms with Gasteiger partial charge in [-0.25, -0.2) is 15.0 Å². The van der Waals surface area contributed by atoms with Gasteiger partial charge >= 0.3 is 0 Å². The first-order valence-corrected chi connectivity index (χ1v) is 10.3. The van der Waals surface area contributed by atoms with Crippen LogP contribution in [0, 0.1) is 41.5 Å². The molecule has 5 nitrogen and oxygen atoms in total. The molecule has 0 spiro atoms. The molecular weight excluding hydrogens is 354 g/mol. The van der Waals surface area contributed by atoms with Crippen LogP contribution in [0.3, 0.4) is 0 Å². The summed E-state index contributed by atoms with van der Waals surface area (Å²) in [7, 11) is 0. The SMILES string of the molecule is CCCCn1c(C)nc(N)c2nc(Sc3c(C)c(C)c(C)c(C)c3C)nc1-2. The fourth-order valence-corrected chi connectivity index (χ4v) is 4.52. The minimum atomic E-state index is 0.458. The fraction of sp³-hybridized carbons (Fsp3) is 0.476. The summed E-state index contributed by atoms with van der Waals surface area (Å²) in [5.41, 5.74) is 13.5. The standard InChI is InChI=1S/C21H29N5S/c1-8-9-10-26-16(7)23-19(22)17-20(26)25-21(24-17)27-18-14(5)12(3)11(2)13(4)15(18)6/h8-10,22H2,1-7H3. The first-order valence-electron chi connectivity index (χ1n) is 9.51. The lowest BCUT2D eigenvalue weighted by Crippen LogP contribution is -2.12. The Hall–Kier alpha value is -2.08. The summed E-state index contributed by atoms with van der Waals surface area (Å²) in [5, 5.41) is 0.739. The molecule has 3 rings (SSSR count). The molecule has 0 aromatic heterocycles. The van der Waals surface area contributed by atoms with Gasteiger partial charge in [-0.3, -0.25) is 0 Å². The van der Waals surface area contributed by atoms with Crippen molar-refractivity contribution < 1.29 is 0 Å². The third-order valence-electron chi connectivity index (χ3n) is 5.65. The van der Waals surface area contributed by atoms with Crippen molar-refractivity contribution in [2.24, 2.45) is 0 Å². The molecule has 2 N–H and O–H groups in total. The molecule has 0 saturated heterocycles. The zero-order valence-corrected chi connectivity index (χ0v) is 18.2. The van der Waals surface area contributed by atoms with Crippen LogP contribution in [-0.4, -0.2) is 19.5 Å². The predicted octanol–water partition coefficient (Wildman–Crippen LogP) is 5.16. The van der Waals surface area contributed by atoms with Gasteiger partial charge in [0.15, 0.2) is 22.5 Å². The van der Waals surface area contributed by atoms with Gasteiger partial charge in [-0.15, -0.1) is 0 Å². The molecule has 0 fully saturated rings. The van der Waals surface area contributed by atoms with Crippen LogP contribution < -0.4 is 5.73 Å². The highest BCUT2D eigenvalue weighted by Gasteiger charge is 2.22. The van der Waals surface area contributed by atoms with E-state index in [1.165, 1.54) is 32.7 Å². The second-order valence-electron chi connectivity index (χ2n) is 7.28. The summed E-state index contributed by atoms with van der Waals surface area (Å²) in [6, 6.07) is 0. The molecule has 27 heavy (non-hydrogen) atoms. The van der Waals surface area contributed by atoms with Gasteiger partial charge < -0.3 is 10.3 Å². The maximum absolute atomic E-state index is 6.15. The molecule has 0 atom stereocenters. The molecule has 2 heterocycles. The van der Waals surface area contributed by atoms with Gasteiger partial charge in [-0.05, 0) is 87.5 Å². The number of unbranched alkanes of at least 4 members (excludes halogenated alkanes) is 1. The molecule has 0 unspecified atom stereocenters. The highest BCUT2D eigenvalue weighted by Crippen LogP contribution is 2.38. The first-order chi connectivity index (χ1) is 12.8. The van der Waals surface area contributed by atoms with Crippen molar-refractivity contribution in [1.82, 2.24) is 19.5 Å². The number of aryl methyl sites for hydroxylation is 1. The number of benzene rings is 1. The number of anilines is 1. The van der Waals surface area contributed by atoms with E-state index in [9.17, 15) is 0 Å². The Morgan fingerprint density at radius 3 is 2.04 bits per heavy atom. The Bertz CT molecular complexity index is 945. The van der Waals surface area contributed by atoms with Crippen LogP contribution >= 0.6 is 11.8 Å². The van der Waals surface area contributed by atoms with E-state index in [2.05, 4.69) is 51.1 Å². The molecule has 2 aliphatic rings. The molecule has 1 aromatic rings. The topological polar surface area (TPSA) is 69.6 Å². The summed E-state index contributed by atoms with van der Waals surface area (Å²) in [4.78, 5) is 15.3. The number of hydrogen-bond donors (Lipinski definition) is 1. The summed E-state index contributed by atoms with van der Waals surface area (Å²) >= 11 is 1.63. The third kappa shape index (κ3) is 3.43. The molecular formula is C21H29N5S. The molecule has 144 valence electrons. The van der Waals surface area contributed by atoms with Gasteiger partial charge in [0.1, 0.15) is 5.82 Å². The Morgan fingerprint density at radius 1 is 0.852 bits per heavy atom. The average molecular weight is 384 g/mol. The Balaban J connectivity index is 2.10. The quantitative estimate of drug-likeness (QED) is 0.659. The maximum Gasteiger partial charge on any atom is 0.195 e. The number of fused-ring (bicyclic) bond motifs is 1. The molecule has 2 aliphatic heterocycles. The highest BCUT2D eigenvalue weighted by molar-refractivity contribution is 7.99. The van der Waals surface area contributed by atoms with Gasteiger partial charge in [0.25, 0.3) is 0 Å². The lowest BCUT2D eigenvalue weighted by atomic mass is 9.95. The lowest BCUT2D eigenvalue weighted by Gasteiger charge is -2.17. The smallest absolute Gasteiger partial charge is 0.195 e. The number of aromatic nitrogens is 4. The normalized spacial score (nSPS) is 11.5. The Morgan fingerprint density at radius 2 is 1.44 bits per heavy atom. The van der Waals surface area contributed by atoms with Crippen molar-refractivity contribution in [3.63, 3.8) is 0 Å². The number of hydrogen-bond acceptors (Lipinski definition) is 5. The third-order valence-corrected chi connectivity index (χ3v) is 6.83. The van der Waals surface area contributed by atoms with E-state index in [1.54, 1.807) is 11.8 Å². The number of rotatable bonds is 5. The molecule has 0 amide bonds. The lowest BCUT2D eigenvalue weighted by molar-refractivity contribution is 0.601. The second kappa shape index (κ2) is 7.50. The molecule has 0 radical (unpaired) electrons. The highest BCUT2D eigenvalue weighted by atomic mass is 32.2. The number of nitrogen functional groups attached to an aromatic ring is 1. The summed E-state index contributed by atoms with van der Waals surface area (Å²) < 4.78 is 2.14. The fourth-order valence-electron chi connectivity index (χ4n) is 3.45. The number of nitrogens with zero attached hydrogens (tertiary/aromatic N) is 4. The average Bonchev–Trinajstić information content (AvgIpc) is 3.06. The second-order valence-corrected chi connectivity index (χ2v) is 8.26. The Labute approximate surface area is 166 Å². The van der Waals surface area contributed by atoms with E-state index in [0.717, 1.165) is 36.2 Å². The molecule has 0 saturated carbocycles. The van der Waals surface area contributed by atoms with E-state index < -0.39 is 0 Å². The summed E-state index contributed by atoms with van der Waals surface area (Å²) in [6.07, 6.45) is 2.20. The van der Waals surface area contributed by atoms with Crippen LogP contribution in [0.5, 0.6) is 0 Å². The van der Waals surface area contributed by atoms with Crippen LogP contribution in [0.4, 0.5) is 5.82 Å². The van der Waals surface area contributed by atoms with Crippen molar-refractivity contribution in [1.29, 1.82) is 0 Å². The van der Waals surface area contributed by atoms with Gasteiger partial charge in [0, 0.05) is 11.4 Å². The van der Waals surface area contributed by atoms with E-state index in [-0.39, 0.29) is 0 Å². The van der Waals surface area contributed by atoms with Crippen molar-refractivity contribution in [3.8, 4) is 11.5 Å². The Kier molecular flexibility index (Phi) is 5.47. The predicted molar refractivity (Wildman–Crippen MR) is 113 cm³/mol. The minimum absolute atomic E-state index is 0.458.